The average molecular weight is 277 g/mol. The number of rotatable bonds is 2. The second kappa shape index (κ2) is 4.53. The summed E-state index contributed by atoms with van der Waals surface area (Å²) in [6, 6.07) is 5.52. The fraction of sp³-hybridized carbons (Fsp3) is 0.0833. The first-order chi connectivity index (χ1) is 7.68. The molecule has 2 aromatic rings. The third-order valence-electron chi connectivity index (χ3n) is 2.26. The molecule has 16 heavy (non-hydrogen) atoms. The Labute approximate surface area is 102 Å². The first kappa shape index (κ1) is 11.0. The maximum absolute atomic E-state index is 12.0. The highest BCUT2D eigenvalue weighted by Crippen LogP contribution is 2.19. The van der Waals surface area contributed by atoms with Gasteiger partial charge in [0.05, 0.1) is 5.56 Å². The van der Waals surface area contributed by atoms with Crippen molar-refractivity contribution in [2.45, 2.75) is 6.92 Å². The van der Waals surface area contributed by atoms with Crippen molar-refractivity contribution in [2.24, 2.45) is 0 Å². The third kappa shape index (κ3) is 2.17. The van der Waals surface area contributed by atoms with Crippen molar-refractivity contribution in [1.82, 2.24) is 9.97 Å². The van der Waals surface area contributed by atoms with E-state index in [9.17, 15) is 4.79 Å². The predicted molar refractivity (Wildman–Crippen MR) is 64.3 cm³/mol. The van der Waals surface area contributed by atoms with E-state index in [1.807, 2.05) is 19.1 Å². The highest BCUT2D eigenvalue weighted by atomic mass is 79.9. The van der Waals surface area contributed by atoms with Crippen LogP contribution in [-0.4, -0.2) is 15.8 Å². The fourth-order valence-corrected chi connectivity index (χ4v) is 1.70. The predicted octanol–water partition coefficient (Wildman–Crippen LogP) is 2.78. The van der Waals surface area contributed by atoms with E-state index in [2.05, 4.69) is 25.9 Å². The molecule has 3 nitrogen and oxygen atoms in total. The Balaban J connectivity index is 2.39. The molecule has 0 spiro atoms. The van der Waals surface area contributed by atoms with Gasteiger partial charge in [0.15, 0.2) is 5.78 Å². The smallest absolute Gasteiger partial charge is 0.196 e. The van der Waals surface area contributed by atoms with Crippen molar-refractivity contribution < 1.29 is 4.79 Å². The maximum atomic E-state index is 12.0. The standard InChI is InChI=1S/C12H9BrN2O/c1-8-2-3-9(4-11(8)13)12(16)10-5-14-7-15-6-10/h2-7H,1H3. The number of hydrogen-bond acceptors (Lipinski definition) is 3. The van der Waals surface area contributed by atoms with Gasteiger partial charge in [-0.2, -0.15) is 0 Å². The number of nitrogens with zero attached hydrogens (tertiary/aromatic N) is 2. The molecule has 1 heterocycles. The van der Waals surface area contributed by atoms with Crippen molar-refractivity contribution in [3.8, 4) is 0 Å². The largest absolute Gasteiger partial charge is 0.288 e. The van der Waals surface area contributed by atoms with Crippen LogP contribution in [0, 0.1) is 6.92 Å². The van der Waals surface area contributed by atoms with Gasteiger partial charge in [-0.25, -0.2) is 9.97 Å². The van der Waals surface area contributed by atoms with Crippen LogP contribution in [0.15, 0.2) is 41.4 Å². The van der Waals surface area contributed by atoms with E-state index in [4.69, 9.17) is 0 Å². The second-order valence-electron chi connectivity index (χ2n) is 3.42. The summed E-state index contributed by atoms with van der Waals surface area (Å²) in [5.74, 6) is -0.0682. The molecular weight excluding hydrogens is 268 g/mol. The number of carbonyl (C=O) groups excluding carboxylic acids is 1. The Morgan fingerprint density at radius 2 is 1.88 bits per heavy atom. The molecule has 0 radical (unpaired) electrons. The van der Waals surface area contributed by atoms with Crippen molar-refractivity contribution >= 4 is 21.7 Å². The van der Waals surface area contributed by atoms with Gasteiger partial charge in [0.2, 0.25) is 0 Å². The molecule has 0 unspecified atom stereocenters. The van der Waals surface area contributed by atoms with E-state index < -0.39 is 0 Å². The molecule has 1 aromatic carbocycles. The van der Waals surface area contributed by atoms with E-state index in [-0.39, 0.29) is 5.78 Å². The Bertz CT molecular complexity index is 526. The zero-order valence-electron chi connectivity index (χ0n) is 8.64. The number of hydrogen-bond donors (Lipinski definition) is 0. The molecule has 0 aliphatic heterocycles. The molecule has 0 aliphatic rings. The summed E-state index contributed by atoms with van der Waals surface area (Å²) in [4.78, 5) is 19.7. The Hall–Kier alpha value is -1.55. The number of aryl methyl sites for hydroxylation is 1. The van der Waals surface area contributed by atoms with E-state index in [1.165, 1.54) is 18.7 Å². The minimum atomic E-state index is -0.0682. The third-order valence-corrected chi connectivity index (χ3v) is 3.11. The lowest BCUT2D eigenvalue weighted by molar-refractivity contribution is 0.103. The van der Waals surface area contributed by atoms with Gasteiger partial charge in [-0.3, -0.25) is 4.79 Å². The topological polar surface area (TPSA) is 42.9 Å². The van der Waals surface area contributed by atoms with E-state index >= 15 is 0 Å². The van der Waals surface area contributed by atoms with E-state index in [0.717, 1.165) is 10.0 Å². The lowest BCUT2D eigenvalue weighted by Crippen LogP contribution is -2.02. The molecule has 0 fully saturated rings. The highest BCUT2D eigenvalue weighted by Gasteiger charge is 2.10. The number of halogens is 1. The van der Waals surface area contributed by atoms with Crippen LogP contribution < -0.4 is 0 Å². The van der Waals surface area contributed by atoms with Gasteiger partial charge in [0.1, 0.15) is 6.33 Å². The first-order valence-electron chi connectivity index (χ1n) is 4.74. The molecule has 0 bridgehead atoms. The van der Waals surface area contributed by atoms with Crippen LogP contribution in [0.5, 0.6) is 0 Å². The van der Waals surface area contributed by atoms with Gasteiger partial charge >= 0.3 is 0 Å². The molecule has 0 atom stereocenters. The Morgan fingerprint density at radius 3 is 2.50 bits per heavy atom. The minimum absolute atomic E-state index is 0.0682. The molecule has 80 valence electrons. The summed E-state index contributed by atoms with van der Waals surface area (Å²) in [5.41, 5.74) is 2.23. The Kier molecular flexibility index (Phi) is 3.10. The SMILES string of the molecule is Cc1ccc(C(=O)c2cncnc2)cc1Br. The van der Waals surface area contributed by atoms with E-state index in [0.29, 0.717) is 11.1 Å². The zero-order chi connectivity index (χ0) is 11.5. The normalized spacial score (nSPS) is 10.1. The van der Waals surface area contributed by atoms with Crippen molar-refractivity contribution in [3.63, 3.8) is 0 Å². The first-order valence-corrected chi connectivity index (χ1v) is 5.53. The molecule has 0 amide bonds. The van der Waals surface area contributed by atoms with Crippen LogP contribution in [0.4, 0.5) is 0 Å². The van der Waals surface area contributed by atoms with Crippen LogP contribution in [-0.2, 0) is 0 Å². The van der Waals surface area contributed by atoms with Gasteiger partial charge in [0, 0.05) is 22.4 Å². The molecule has 0 saturated carbocycles. The van der Waals surface area contributed by atoms with Gasteiger partial charge in [-0.1, -0.05) is 28.1 Å². The summed E-state index contributed by atoms with van der Waals surface area (Å²) in [7, 11) is 0. The highest BCUT2D eigenvalue weighted by molar-refractivity contribution is 9.10. The van der Waals surface area contributed by atoms with E-state index in [1.54, 1.807) is 6.07 Å². The van der Waals surface area contributed by atoms with Crippen molar-refractivity contribution in [2.75, 3.05) is 0 Å². The monoisotopic (exact) mass is 276 g/mol. The van der Waals surface area contributed by atoms with Gasteiger partial charge in [-0.15, -0.1) is 0 Å². The minimum Gasteiger partial charge on any atom is -0.288 e. The maximum Gasteiger partial charge on any atom is 0.196 e. The van der Waals surface area contributed by atoms with Crippen LogP contribution >= 0.6 is 15.9 Å². The summed E-state index contributed by atoms with van der Waals surface area (Å²) < 4.78 is 0.926. The number of carbonyl (C=O) groups is 1. The Morgan fingerprint density at radius 1 is 1.19 bits per heavy atom. The lowest BCUT2D eigenvalue weighted by atomic mass is 10.0. The van der Waals surface area contributed by atoms with Gasteiger partial charge < -0.3 is 0 Å². The lowest BCUT2D eigenvalue weighted by Gasteiger charge is -2.02. The molecule has 0 N–H and O–H groups in total. The van der Waals surface area contributed by atoms with Crippen LogP contribution in [0.25, 0.3) is 0 Å². The summed E-state index contributed by atoms with van der Waals surface area (Å²) in [5, 5.41) is 0. The zero-order valence-corrected chi connectivity index (χ0v) is 10.2. The van der Waals surface area contributed by atoms with Gasteiger partial charge in [-0.05, 0) is 18.6 Å². The van der Waals surface area contributed by atoms with Gasteiger partial charge in [0.25, 0.3) is 0 Å². The molecule has 4 heteroatoms. The van der Waals surface area contributed by atoms with Crippen molar-refractivity contribution in [1.29, 1.82) is 0 Å². The number of aromatic nitrogens is 2. The molecule has 0 saturated heterocycles. The molecular formula is C12H9BrN2O. The summed E-state index contributed by atoms with van der Waals surface area (Å²) >= 11 is 3.40. The fourth-order valence-electron chi connectivity index (χ4n) is 1.32. The second-order valence-corrected chi connectivity index (χ2v) is 4.27. The number of ketones is 1. The van der Waals surface area contributed by atoms with Crippen LogP contribution in [0.2, 0.25) is 0 Å². The quantitative estimate of drug-likeness (QED) is 0.793. The van der Waals surface area contributed by atoms with Crippen LogP contribution in [0.1, 0.15) is 21.5 Å². The molecule has 1 aromatic heterocycles. The average Bonchev–Trinajstić information content (AvgIpc) is 2.33. The molecule has 0 aliphatic carbocycles. The summed E-state index contributed by atoms with van der Waals surface area (Å²) in [6.45, 7) is 1.98. The number of benzene rings is 1. The van der Waals surface area contributed by atoms with Crippen molar-refractivity contribution in [3.05, 3.63) is 58.1 Å². The summed E-state index contributed by atoms with van der Waals surface area (Å²) in [6.07, 6.45) is 4.44. The van der Waals surface area contributed by atoms with Crippen LogP contribution in [0.3, 0.4) is 0 Å². The molecule has 2 rings (SSSR count).